The Balaban J connectivity index is 1.94. The van der Waals surface area contributed by atoms with Gasteiger partial charge in [-0.25, -0.2) is 4.98 Å². The fourth-order valence-corrected chi connectivity index (χ4v) is 3.77. The largest absolute Gasteiger partial charge is 0.396 e. The van der Waals surface area contributed by atoms with E-state index in [0.717, 1.165) is 18.5 Å². The highest BCUT2D eigenvalue weighted by Gasteiger charge is 2.42. The predicted molar refractivity (Wildman–Crippen MR) is 86.5 cm³/mol. The summed E-state index contributed by atoms with van der Waals surface area (Å²) in [5.74, 6) is 0.0485. The number of anilines is 1. The minimum Gasteiger partial charge on any atom is -0.396 e. The van der Waals surface area contributed by atoms with Crippen molar-refractivity contribution in [2.75, 3.05) is 25.4 Å². The Kier molecular flexibility index (Phi) is 5.77. The van der Waals surface area contributed by atoms with Crippen LogP contribution in [0, 0.1) is 5.41 Å². The number of aliphatic hydroxyl groups is 2. The third-order valence-electron chi connectivity index (χ3n) is 4.47. The van der Waals surface area contributed by atoms with Crippen molar-refractivity contribution in [3.63, 3.8) is 0 Å². The fraction of sp³-hybridized carbons (Fsp3) is 0.733. The van der Waals surface area contributed by atoms with E-state index in [-0.39, 0.29) is 12.5 Å². The van der Waals surface area contributed by atoms with Gasteiger partial charge in [0.1, 0.15) is 0 Å². The van der Waals surface area contributed by atoms with Gasteiger partial charge in [-0.05, 0) is 19.3 Å². The van der Waals surface area contributed by atoms with Gasteiger partial charge in [-0.15, -0.1) is 11.3 Å². The van der Waals surface area contributed by atoms with Crippen molar-refractivity contribution in [3.05, 3.63) is 11.1 Å². The first-order valence-corrected chi connectivity index (χ1v) is 8.65. The Labute approximate surface area is 135 Å². The van der Waals surface area contributed by atoms with E-state index in [1.807, 2.05) is 12.3 Å². The van der Waals surface area contributed by atoms with Crippen LogP contribution in [0.15, 0.2) is 5.38 Å². The number of rotatable bonds is 6. The second-order valence-electron chi connectivity index (χ2n) is 6.07. The van der Waals surface area contributed by atoms with Crippen LogP contribution in [0.2, 0.25) is 0 Å². The van der Waals surface area contributed by atoms with Crippen LogP contribution in [-0.4, -0.2) is 51.8 Å². The Hall–Kier alpha value is -1.18. The zero-order valence-electron chi connectivity index (χ0n) is 13.0. The van der Waals surface area contributed by atoms with E-state index >= 15 is 0 Å². The number of carbonyl (C=O) groups excluding carboxylic acids is 1. The lowest BCUT2D eigenvalue weighted by atomic mass is 9.74. The summed E-state index contributed by atoms with van der Waals surface area (Å²) in [5.41, 5.74) is 5.85. The van der Waals surface area contributed by atoms with E-state index in [1.165, 1.54) is 11.3 Å². The molecule has 0 spiro atoms. The molecule has 0 unspecified atom stereocenters. The Morgan fingerprint density at radius 1 is 1.64 bits per heavy atom. The molecule has 22 heavy (non-hydrogen) atoms. The van der Waals surface area contributed by atoms with Gasteiger partial charge in [-0.1, -0.05) is 13.3 Å². The molecule has 0 saturated carbocycles. The number of piperidine rings is 1. The van der Waals surface area contributed by atoms with Crippen LogP contribution in [0.3, 0.4) is 0 Å². The van der Waals surface area contributed by atoms with Crippen molar-refractivity contribution in [1.82, 2.24) is 9.88 Å². The standard InChI is InChI=1S/C15H25N3O3S/c1-2-6-15(10-19)9-18(7-5-12(15)20)13(21)4-3-11-8-22-14(16)17-11/h8,12,19-20H,2-7,9-10H2,1H3,(H2,16,17)/t12-,15-/m0/s1. The van der Waals surface area contributed by atoms with Gasteiger partial charge in [-0.2, -0.15) is 0 Å². The number of carbonyl (C=O) groups is 1. The molecule has 0 aliphatic carbocycles. The van der Waals surface area contributed by atoms with Gasteiger partial charge in [0.2, 0.25) is 5.91 Å². The molecule has 1 saturated heterocycles. The third-order valence-corrected chi connectivity index (χ3v) is 5.19. The first-order valence-electron chi connectivity index (χ1n) is 7.77. The quantitative estimate of drug-likeness (QED) is 0.725. The molecule has 0 aromatic carbocycles. The summed E-state index contributed by atoms with van der Waals surface area (Å²) in [6, 6.07) is 0. The molecule has 2 rings (SSSR count). The van der Waals surface area contributed by atoms with Gasteiger partial charge < -0.3 is 20.8 Å². The minimum absolute atomic E-state index is 0.0485. The molecule has 1 aromatic rings. The van der Waals surface area contributed by atoms with Gasteiger partial charge in [0.25, 0.3) is 0 Å². The number of aliphatic hydroxyl groups excluding tert-OH is 2. The number of nitrogens with two attached hydrogens (primary N) is 1. The monoisotopic (exact) mass is 327 g/mol. The number of nitrogen functional groups attached to an aromatic ring is 1. The Bertz CT molecular complexity index is 508. The van der Waals surface area contributed by atoms with E-state index in [4.69, 9.17) is 5.73 Å². The molecule has 0 radical (unpaired) electrons. The third kappa shape index (κ3) is 3.77. The molecule has 1 aliphatic heterocycles. The maximum Gasteiger partial charge on any atom is 0.222 e. The van der Waals surface area contributed by atoms with Gasteiger partial charge in [0.05, 0.1) is 18.4 Å². The van der Waals surface area contributed by atoms with E-state index in [1.54, 1.807) is 4.90 Å². The van der Waals surface area contributed by atoms with Gasteiger partial charge in [0, 0.05) is 30.3 Å². The Morgan fingerprint density at radius 3 is 3.00 bits per heavy atom. The van der Waals surface area contributed by atoms with Crippen LogP contribution in [0.25, 0.3) is 0 Å². The molecular formula is C15H25N3O3S. The number of aromatic nitrogens is 1. The molecule has 124 valence electrons. The van der Waals surface area contributed by atoms with Crippen molar-refractivity contribution in [1.29, 1.82) is 0 Å². The number of hydrogen-bond acceptors (Lipinski definition) is 6. The molecule has 1 fully saturated rings. The predicted octanol–water partition coefficient (Wildman–Crippen LogP) is 1.03. The molecule has 2 heterocycles. The topological polar surface area (TPSA) is 99.7 Å². The van der Waals surface area contributed by atoms with Crippen molar-refractivity contribution in [2.45, 2.75) is 45.1 Å². The van der Waals surface area contributed by atoms with Crippen molar-refractivity contribution in [2.24, 2.45) is 5.41 Å². The van der Waals surface area contributed by atoms with Crippen LogP contribution in [-0.2, 0) is 11.2 Å². The zero-order chi connectivity index (χ0) is 16.2. The average molecular weight is 327 g/mol. The first-order chi connectivity index (χ1) is 10.5. The molecule has 4 N–H and O–H groups in total. The number of amides is 1. The summed E-state index contributed by atoms with van der Waals surface area (Å²) in [5, 5.41) is 22.4. The highest BCUT2D eigenvalue weighted by atomic mass is 32.1. The van der Waals surface area contributed by atoms with Crippen molar-refractivity contribution >= 4 is 22.4 Å². The van der Waals surface area contributed by atoms with Crippen LogP contribution in [0.5, 0.6) is 0 Å². The van der Waals surface area contributed by atoms with E-state index in [9.17, 15) is 15.0 Å². The van der Waals surface area contributed by atoms with Gasteiger partial charge >= 0.3 is 0 Å². The SMILES string of the molecule is CCC[C@@]1(CO)CN(C(=O)CCc2csc(N)n2)CC[C@@H]1O. The number of hydrogen-bond donors (Lipinski definition) is 3. The van der Waals surface area contributed by atoms with Crippen LogP contribution in [0.4, 0.5) is 5.13 Å². The average Bonchev–Trinajstić information content (AvgIpc) is 2.93. The lowest BCUT2D eigenvalue weighted by Crippen LogP contribution is -2.55. The maximum absolute atomic E-state index is 12.4. The number of likely N-dealkylation sites (tertiary alicyclic amines) is 1. The molecule has 1 amide bonds. The highest BCUT2D eigenvalue weighted by Crippen LogP contribution is 2.35. The zero-order valence-corrected chi connectivity index (χ0v) is 13.8. The normalized spacial score (nSPS) is 25.4. The molecule has 7 heteroatoms. The van der Waals surface area contributed by atoms with E-state index in [2.05, 4.69) is 4.98 Å². The minimum atomic E-state index is -0.576. The molecule has 6 nitrogen and oxygen atoms in total. The van der Waals surface area contributed by atoms with Crippen LogP contribution < -0.4 is 5.73 Å². The summed E-state index contributed by atoms with van der Waals surface area (Å²) in [7, 11) is 0. The first kappa shape index (κ1) is 17.2. The summed E-state index contributed by atoms with van der Waals surface area (Å²) in [4.78, 5) is 18.3. The van der Waals surface area contributed by atoms with Crippen molar-refractivity contribution < 1.29 is 15.0 Å². The number of aryl methyl sites for hydroxylation is 1. The van der Waals surface area contributed by atoms with E-state index < -0.39 is 11.5 Å². The summed E-state index contributed by atoms with van der Waals surface area (Å²) < 4.78 is 0. The smallest absolute Gasteiger partial charge is 0.222 e. The lowest BCUT2D eigenvalue weighted by molar-refractivity contribution is -0.142. The summed E-state index contributed by atoms with van der Waals surface area (Å²) in [6.07, 6.45) is 2.53. The molecule has 0 bridgehead atoms. The summed E-state index contributed by atoms with van der Waals surface area (Å²) >= 11 is 1.38. The summed E-state index contributed by atoms with van der Waals surface area (Å²) in [6.45, 7) is 2.91. The molecule has 1 aromatic heterocycles. The Morgan fingerprint density at radius 2 is 2.41 bits per heavy atom. The van der Waals surface area contributed by atoms with Crippen LogP contribution >= 0.6 is 11.3 Å². The number of nitrogens with zero attached hydrogens (tertiary/aromatic N) is 2. The lowest BCUT2D eigenvalue weighted by Gasteiger charge is -2.45. The van der Waals surface area contributed by atoms with Gasteiger partial charge in [0.15, 0.2) is 5.13 Å². The molecular weight excluding hydrogens is 302 g/mol. The second-order valence-corrected chi connectivity index (χ2v) is 6.96. The fourth-order valence-electron chi connectivity index (χ4n) is 3.17. The van der Waals surface area contributed by atoms with Crippen LogP contribution in [0.1, 0.15) is 38.3 Å². The maximum atomic E-state index is 12.4. The highest BCUT2D eigenvalue weighted by molar-refractivity contribution is 7.13. The van der Waals surface area contributed by atoms with Gasteiger partial charge in [-0.3, -0.25) is 4.79 Å². The van der Waals surface area contributed by atoms with E-state index in [0.29, 0.717) is 37.5 Å². The number of thiazole rings is 1. The van der Waals surface area contributed by atoms with Crippen molar-refractivity contribution in [3.8, 4) is 0 Å². The molecule has 1 aliphatic rings. The second kappa shape index (κ2) is 7.39. The molecule has 2 atom stereocenters.